The van der Waals surface area contributed by atoms with Gasteiger partial charge in [-0.25, -0.2) is 0 Å². The van der Waals surface area contributed by atoms with Crippen LogP contribution in [0.3, 0.4) is 0 Å². The van der Waals surface area contributed by atoms with E-state index < -0.39 is 0 Å². The minimum absolute atomic E-state index is 0.271. The molecule has 0 aromatic carbocycles. The molecular weight excluding hydrogens is 194 g/mol. The van der Waals surface area contributed by atoms with Gasteiger partial charge in [-0.15, -0.1) is 0 Å². The minimum atomic E-state index is 0.271. The lowest BCUT2D eigenvalue weighted by Gasteiger charge is -2.63. The Hall–Kier alpha value is -0.0400. The standard InChI is InChI=1S/C15H25N/c16-15-8-11-5-12(9-15)7-14(6-11,10-15)13-3-1-2-4-13/h11-13H,1-10,16H2. The van der Waals surface area contributed by atoms with Crippen molar-refractivity contribution in [2.45, 2.75) is 69.7 Å². The summed E-state index contributed by atoms with van der Waals surface area (Å²) >= 11 is 0. The summed E-state index contributed by atoms with van der Waals surface area (Å²) in [6, 6.07) is 0. The summed E-state index contributed by atoms with van der Waals surface area (Å²) in [7, 11) is 0. The van der Waals surface area contributed by atoms with Crippen LogP contribution in [-0.4, -0.2) is 5.54 Å². The van der Waals surface area contributed by atoms with Gasteiger partial charge >= 0.3 is 0 Å². The highest BCUT2D eigenvalue weighted by atomic mass is 14.8. The van der Waals surface area contributed by atoms with Gasteiger partial charge in [-0.3, -0.25) is 0 Å². The van der Waals surface area contributed by atoms with Gasteiger partial charge in [0.15, 0.2) is 0 Å². The van der Waals surface area contributed by atoms with Crippen molar-refractivity contribution < 1.29 is 0 Å². The third-order valence-corrected chi connectivity index (χ3v) is 6.37. The monoisotopic (exact) mass is 219 g/mol. The molecule has 4 bridgehead atoms. The molecule has 90 valence electrons. The largest absolute Gasteiger partial charge is 0.325 e. The van der Waals surface area contributed by atoms with E-state index in [0.29, 0.717) is 0 Å². The molecule has 1 nitrogen and oxygen atoms in total. The van der Waals surface area contributed by atoms with Gasteiger partial charge in [0.05, 0.1) is 0 Å². The van der Waals surface area contributed by atoms with Gasteiger partial charge in [-0.1, -0.05) is 12.8 Å². The zero-order valence-electron chi connectivity index (χ0n) is 10.4. The second kappa shape index (κ2) is 3.04. The summed E-state index contributed by atoms with van der Waals surface area (Å²) in [5.74, 6) is 3.07. The molecule has 0 spiro atoms. The van der Waals surface area contributed by atoms with Crippen molar-refractivity contribution in [2.24, 2.45) is 28.9 Å². The molecule has 5 rings (SSSR count). The van der Waals surface area contributed by atoms with E-state index in [0.717, 1.165) is 23.2 Å². The average Bonchev–Trinajstić information content (AvgIpc) is 2.65. The molecule has 16 heavy (non-hydrogen) atoms. The first-order valence-electron chi connectivity index (χ1n) is 7.46. The average molecular weight is 219 g/mol. The summed E-state index contributed by atoms with van der Waals surface area (Å²) in [5, 5.41) is 0. The Labute approximate surface area is 99.2 Å². The van der Waals surface area contributed by atoms with Crippen molar-refractivity contribution in [3.05, 3.63) is 0 Å². The maximum absolute atomic E-state index is 6.67. The highest BCUT2D eigenvalue weighted by Gasteiger charge is 2.58. The first-order chi connectivity index (χ1) is 7.68. The quantitative estimate of drug-likeness (QED) is 0.718. The maximum Gasteiger partial charge on any atom is 0.0165 e. The molecule has 0 amide bonds. The van der Waals surface area contributed by atoms with E-state index in [1.807, 2.05) is 0 Å². The first kappa shape index (κ1) is 9.94. The van der Waals surface area contributed by atoms with Gasteiger partial charge in [-0.2, -0.15) is 0 Å². The summed E-state index contributed by atoms with van der Waals surface area (Å²) < 4.78 is 0. The van der Waals surface area contributed by atoms with Crippen molar-refractivity contribution >= 4 is 0 Å². The molecule has 5 fully saturated rings. The molecule has 2 unspecified atom stereocenters. The fourth-order valence-corrected chi connectivity index (χ4v) is 6.42. The van der Waals surface area contributed by atoms with E-state index in [9.17, 15) is 0 Å². The Kier molecular flexibility index (Phi) is 1.89. The van der Waals surface area contributed by atoms with Gasteiger partial charge in [-0.05, 0) is 74.5 Å². The fraction of sp³-hybridized carbons (Fsp3) is 1.00. The molecule has 0 aromatic rings. The van der Waals surface area contributed by atoms with E-state index in [2.05, 4.69) is 0 Å². The second-order valence-corrected chi connectivity index (χ2v) is 7.67. The van der Waals surface area contributed by atoms with Crippen LogP contribution in [0, 0.1) is 23.2 Å². The van der Waals surface area contributed by atoms with Gasteiger partial charge in [0.2, 0.25) is 0 Å². The van der Waals surface area contributed by atoms with Gasteiger partial charge < -0.3 is 5.73 Å². The molecule has 5 saturated carbocycles. The van der Waals surface area contributed by atoms with Gasteiger partial charge in [0, 0.05) is 5.54 Å². The van der Waals surface area contributed by atoms with Crippen LogP contribution in [0.15, 0.2) is 0 Å². The van der Waals surface area contributed by atoms with Crippen LogP contribution in [0.25, 0.3) is 0 Å². The maximum atomic E-state index is 6.67. The normalized spacial score (nSPS) is 56.1. The number of hydrogen-bond donors (Lipinski definition) is 1. The number of nitrogens with two attached hydrogens (primary N) is 1. The predicted molar refractivity (Wildman–Crippen MR) is 66.0 cm³/mol. The topological polar surface area (TPSA) is 26.0 Å². The summed E-state index contributed by atoms with van der Waals surface area (Å²) in [5.41, 5.74) is 7.66. The lowest BCUT2D eigenvalue weighted by molar-refractivity contribution is -0.0975. The van der Waals surface area contributed by atoms with Gasteiger partial charge in [0.1, 0.15) is 0 Å². The highest BCUT2D eigenvalue weighted by Crippen LogP contribution is 2.65. The molecule has 5 aliphatic rings. The first-order valence-corrected chi connectivity index (χ1v) is 7.46. The Morgan fingerprint density at radius 2 is 1.50 bits per heavy atom. The number of hydrogen-bond acceptors (Lipinski definition) is 1. The Bertz CT molecular complexity index is 289. The molecule has 2 N–H and O–H groups in total. The van der Waals surface area contributed by atoms with Crippen LogP contribution in [0.2, 0.25) is 0 Å². The Morgan fingerprint density at radius 3 is 2.06 bits per heavy atom. The lowest BCUT2D eigenvalue weighted by Crippen LogP contribution is -2.61. The lowest BCUT2D eigenvalue weighted by atomic mass is 9.44. The Morgan fingerprint density at radius 1 is 0.875 bits per heavy atom. The van der Waals surface area contributed by atoms with Crippen molar-refractivity contribution in [3.8, 4) is 0 Å². The summed E-state index contributed by atoms with van der Waals surface area (Å²) in [4.78, 5) is 0. The number of rotatable bonds is 1. The van der Waals surface area contributed by atoms with Crippen LogP contribution in [-0.2, 0) is 0 Å². The van der Waals surface area contributed by atoms with E-state index in [-0.39, 0.29) is 5.54 Å². The zero-order valence-corrected chi connectivity index (χ0v) is 10.4. The van der Waals surface area contributed by atoms with Crippen molar-refractivity contribution in [3.63, 3.8) is 0 Å². The van der Waals surface area contributed by atoms with Crippen molar-refractivity contribution in [2.75, 3.05) is 0 Å². The van der Waals surface area contributed by atoms with Gasteiger partial charge in [0.25, 0.3) is 0 Å². The molecule has 0 saturated heterocycles. The van der Waals surface area contributed by atoms with E-state index in [1.54, 1.807) is 12.8 Å². The summed E-state index contributed by atoms with van der Waals surface area (Å²) in [6.45, 7) is 0. The van der Waals surface area contributed by atoms with E-state index in [1.165, 1.54) is 51.4 Å². The molecule has 5 aliphatic carbocycles. The van der Waals surface area contributed by atoms with Crippen LogP contribution in [0.1, 0.15) is 64.2 Å². The van der Waals surface area contributed by atoms with E-state index in [4.69, 9.17) is 5.73 Å². The molecule has 0 aromatic heterocycles. The van der Waals surface area contributed by atoms with Crippen LogP contribution < -0.4 is 5.73 Å². The third kappa shape index (κ3) is 1.27. The molecule has 1 heteroatoms. The van der Waals surface area contributed by atoms with Crippen LogP contribution >= 0.6 is 0 Å². The minimum Gasteiger partial charge on any atom is -0.325 e. The third-order valence-electron chi connectivity index (χ3n) is 6.37. The molecule has 2 atom stereocenters. The summed E-state index contributed by atoms with van der Waals surface area (Å²) in [6.07, 6.45) is 14.8. The van der Waals surface area contributed by atoms with Crippen molar-refractivity contribution in [1.29, 1.82) is 0 Å². The smallest absolute Gasteiger partial charge is 0.0165 e. The SMILES string of the molecule is NC12CC3CC(C1)CC(C1CCCC1)(C3)C2. The molecule has 0 heterocycles. The highest BCUT2D eigenvalue weighted by molar-refractivity contribution is 5.12. The van der Waals surface area contributed by atoms with E-state index >= 15 is 0 Å². The molecular formula is C15H25N. The molecule has 0 radical (unpaired) electrons. The zero-order chi connectivity index (χ0) is 10.8. The Balaban J connectivity index is 1.68. The van der Waals surface area contributed by atoms with Crippen molar-refractivity contribution in [1.82, 2.24) is 0 Å². The van der Waals surface area contributed by atoms with Crippen LogP contribution in [0.4, 0.5) is 0 Å². The molecule has 0 aliphatic heterocycles. The fourth-order valence-electron chi connectivity index (χ4n) is 6.42. The second-order valence-electron chi connectivity index (χ2n) is 7.67. The van der Waals surface area contributed by atoms with Crippen LogP contribution in [0.5, 0.6) is 0 Å². The predicted octanol–water partition coefficient (Wildman–Crippen LogP) is 3.47.